The lowest BCUT2D eigenvalue weighted by atomic mass is 9.84. The van der Waals surface area contributed by atoms with Gasteiger partial charge in [0.2, 0.25) is 0 Å². The maximum absolute atomic E-state index is 6.22. The van der Waals surface area contributed by atoms with Crippen molar-refractivity contribution in [3.05, 3.63) is 0 Å². The number of rotatable bonds is 2. The molecule has 0 aromatic heterocycles. The summed E-state index contributed by atoms with van der Waals surface area (Å²) < 4.78 is 0. The number of likely N-dealkylation sites (N-methyl/N-ethyl adjacent to an activating group) is 1. The summed E-state index contributed by atoms with van der Waals surface area (Å²) in [7, 11) is 2.21. The van der Waals surface area contributed by atoms with Crippen molar-refractivity contribution in [1.29, 1.82) is 0 Å². The lowest BCUT2D eigenvalue weighted by Gasteiger charge is -2.39. The molecule has 0 radical (unpaired) electrons. The Morgan fingerprint density at radius 1 is 1.27 bits per heavy atom. The predicted octanol–water partition coefficient (Wildman–Crippen LogP) is 0.751. The van der Waals surface area contributed by atoms with Crippen LogP contribution in [0.2, 0.25) is 0 Å². The molecule has 1 aliphatic carbocycles. The fourth-order valence-corrected chi connectivity index (χ4v) is 2.97. The highest BCUT2D eigenvalue weighted by Crippen LogP contribution is 2.37. The average Bonchev–Trinajstić information content (AvgIpc) is 2.51. The first kappa shape index (κ1) is 11.4. The number of hydrogen-bond acceptors (Lipinski definition) is 3. The van der Waals surface area contributed by atoms with Gasteiger partial charge in [-0.3, -0.25) is 0 Å². The molecular formula is C12H25N3. The van der Waals surface area contributed by atoms with Gasteiger partial charge in [-0.25, -0.2) is 0 Å². The molecule has 0 aromatic carbocycles. The highest BCUT2D eigenvalue weighted by Gasteiger charge is 2.37. The van der Waals surface area contributed by atoms with Crippen LogP contribution in [-0.2, 0) is 0 Å². The minimum absolute atomic E-state index is 0.385. The Kier molecular flexibility index (Phi) is 3.33. The first-order valence-corrected chi connectivity index (χ1v) is 6.27. The van der Waals surface area contributed by atoms with Gasteiger partial charge < -0.3 is 15.5 Å². The predicted molar refractivity (Wildman–Crippen MR) is 63.9 cm³/mol. The smallest absolute Gasteiger partial charge is 0.0110 e. The molecule has 2 aliphatic rings. The van der Waals surface area contributed by atoms with Crippen molar-refractivity contribution in [2.75, 3.05) is 39.8 Å². The van der Waals surface area contributed by atoms with E-state index in [9.17, 15) is 0 Å². The minimum atomic E-state index is 0.385. The second-order valence-electron chi connectivity index (χ2n) is 5.73. The van der Waals surface area contributed by atoms with E-state index in [1.807, 2.05) is 0 Å². The van der Waals surface area contributed by atoms with Gasteiger partial charge in [-0.2, -0.15) is 0 Å². The summed E-state index contributed by atoms with van der Waals surface area (Å²) in [5.41, 5.74) is 6.61. The molecule has 0 spiro atoms. The van der Waals surface area contributed by atoms with Crippen molar-refractivity contribution >= 4 is 0 Å². The van der Waals surface area contributed by atoms with Gasteiger partial charge in [0.05, 0.1) is 0 Å². The number of nitrogens with two attached hydrogens (primary N) is 1. The molecule has 2 atom stereocenters. The Labute approximate surface area is 93.6 Å². The summed E-state index contributed by atoms with van der Waals surface area (Å²) in [6, 6.07) is 0.428. The van der Waals surface area contributed by atoms with Crippen LogP contribution in [0.5, 0.6) is 0 Å². The molecule has 1 aliphatic heterocycles. The van der Waals surface area contributed by atoms with Gasteiger partial charge in [-0.15, -0.1) is 0 Å². The molecular weight excluding hydrogens is 186 g/mol. The topological polar surface area (TPSA) is 32.5 Å². The van der Waals surface area contributed by atoms with Crippen molar-refractivity contribution in [2.45, 2.75) is 32.2 Å². The van der Waals surface area contributed by atoms with Crippen LogP contribution in [0.3, 0.4) is 0 Å². The molecule has 3 heteroatoms. The zero-order chi connectivity index (χ0) is 10.9. The third-order valence-electron chi connectivity index (χ3n) is 4.34. The largest absolute Gasteiger partial charge is 0.327 e. The minimum Gasteiger partial charge on any atom is -0.327 e. The maximum Gasteiger partial charge on any atom is 0.0110 e. The number of hydrogen-bond donors (Lipinski definition) is 1. The molecule has 88 valence electrons. The summed E-state index contributed by atoms with van der Waals surface area (Å²) in [4.78, 5) is 5.01. The number of piperazine rings is 1. The second kappa shape index (κ2) is 4.40. The van der Waals surface area contributed by atoms with E-state index < -0.39 is 0 Å². The SMILES string of the molecule is CN1CCN(CC2(C)CCCC2N)CC1. The molecule has 0 aromatic rings. The Morgan fingerprint density at radius 2 is 1.93 bits per heavy atom. The van der Waals surface area contributed by atoms with Crippen LogP contribution in [0.1, 0.15) is 26.2 Å². The summed E-state index contributed by atoms with van der Waals surface area (Å²) in [5.74, 6) is 0. The van der Waals surface area contributed by atoms with Gasteiger partial charge in [0, 0.05) is 38.8 Å². The Bertz CT molecular complexity index is 211. The van der Waals surface area contributed by atoms with Crippen LogP contribution in [0.25, 0.3) is 0 Å². The van der Waals surface area contributed by atoms with Gasteiger partial charge >= 0.3 is 0 Å². The fraction of sp³-hybridized carbons (Fsp3) is 1.00. The first-order valence-electron chi connectivity index (χ1n) is 6.27. The molecule has 0 amide bonds. The molecule has 1 saturated heterocycles. The number of nitrogens with zero attached hydrogens (tertiary/aromatic N) is 2. The summed E-state index contributed by atoms with van der Waals surface area (Å²) in [6.45, 7) is 8.46. The molecule has 3 nitrogen and oxygen atoms in total. The Balaban J connectivity index is 1.86. The first-order chi connectivity index (χ1) is 7.10. The van der Waals surface area contributed by atoms with Crippen molar-refractivity contribution in [3.63, 3.8) is 0 Å². The molecule has 2 N–H and O–H groups in total. The van der Waals surface area contributed by atoms with E-state index in [1.165, 1.54) is 52.0 Å². The monoisotopic (exact) mass is 211 g/mol. The van der Waals surface area contributed by atoms with Crippen molar-refractivity contribution in [3.8, 4) is 0 Å². The van der Waals surface area contributed by atoms with Crippen LogP contribution >= 0.6 is 0 Å². The third-order valence-corrected chi connectivity index (χ3v) is 4.34. The van der Waals surface area contributed by atoms with E-state index in [0.29, 0.717) is 11.5 Å². The molecule has 0 bridgehead atoms. The van der Waals surface area contributed by atoms with E-state index in [2.05, 4.69) is 23.8 Å². The highest BCUT2D eigenvalue weighted by atomic mass is 15.2. The van der Waals surface area contributed by atoms with E-state index in [0.717, 1.165) is 0 Å². The molecule has 1 saturated carbocycles. The van der Waals surface area contributed by atoms with Crippen molar-refractivity contribution < 1.29 is 0 Å². The van der Waals surface area contributed by atoms with Crippen LogP contribution in [-0.4, -0.2) is 55.6 Å². The van der Waals surface area contributed by atoms with Gasteiger partial charge in [0.1, 0.15) is 0 Å². The summed E-state index contributed by atoms with van der Waals surface area (Å²) in [5, 5.41) is 0. The average molecular weight is 211 g/mol. The molecule has 2 fully saturated rings. The van der Waals surface area contributed by atoms with Crippen LogP contribution in [0.15, 0.2) is 0 Å². The van der Waals surface area contributed by atoms with E-state index in [1.54, 1.807) is 0 Å². The van der Waals surface area contributed by atoms with Gasteiger partial charge in [-0.05, 0) is 25.3 Å². The van der Waals surface area contributed by atoms with Crippen LogP contribution in [0, 0.1) is 5.41 Å². The lowest BCUT2D eigenvalue weighted by molar-refractivity contribution is 0.0984. The highest BCUT2D eigenvalue weighted by molar-refractivity contribution is 4.94. The zero-order valence-electron chi connectivity index (χ0n) is 10.2. The second-order valence-corrected chi connectivity index (χ2v) is 5.73. The zero-order valence-corrected chi connectivity index (χ0v) is 10.2. The standard InChI is InChI=1S/C12H25N3/c1-12(5-3-4-11(12)13)10-15-8-6-14(2)7-9-15/h11H,3-10,13H2,1-2H3. The normalized spacial score (nSPS) is 39.8. The van der Waals surface area contributed by atoms with E-state index in [-0.39, 0.29) is 0 Å². The third kappa shape index (κ3) is 2.52. The van der Waals surface area contributed by atoms with E-state index in [4.69, 9.17) is 5.73 Å². The van der Waals surface area contributed by atoms with Gasteiger partial charge in [-0.1, -0.05) is 13.3 Å². The lowest BCUT2D eigenvalue weighted by Crippen LogP contribution is -2.50. The maximum atomic E-state index is 6.22. The fourth-order valence-electron chi connectivity index (χ4n) is 2.97. The van der Waals surface area contributed by atoms with E-state index >= 15 is 0 Å². The summed E-state index contributed by atoms with van der Waals surface area (Å²) in [6.07, 6.45) is 3.87. The van der Waals surface area contributed by atoms with Gasteiger partial charge in [0.15, 0.2) is 0 Å². The Hall–Kier alpha value is -0.120. The van der Waals surface area contributed by atoms with Gasteiger partial charge in [0.25, 0.3) is 0 Å². The quantitative estimate of drug-likeness (QED) is 0.731. The van der Waals surface area contributed by atoms with Crippen molar-refractivity contribution in [2.24, 2.45) is 11.1 Å². The molecule has 2 unspecified atom stereocenters. The molecule has 15 heavy (non-hydrogen) atoms. The van der Waals surface area contributed by atoms with Crippen LogP contribution < -0.4 is 5.73 Å². The molecule has 1 heterocycles. The van der Waals surface area contributed by atoms with Crippen molar-refractivity contribution in [1.82, 2.24) is 9.80 Å². The Morgan fingerprint density at radius 3 is 2.47 bits per heavy atom. The van der Waals surface area contributed by atoms with Crippen LogP contribution in [0.4, 0.5) is 0 Å². The summed E-state index contributed by atoms with van der Waals surface area (Å²) >= 11 is 0. The molecule has 2 rings (SSSR count).